The van der Waals surface area contributed by atoms with E-state index in [4.69, 9.17) is 14.5 Å². The Morgan fingerprint density at radius 2 is 2.18 bits per heavy atom. The van der Waals surface area contributed by atoms with Crippen LogP contribution in [-0.2, 0) is 9.36 Å². The molecule has 0 aliphatic rings. The van der Waals surface area contributed by atoms with E-state index >= 15 is 0 Å². The minimum absolute atomic E-state index is 0.545. The van der Waals surface area contributed by atoms with Crippen molar-refractivity contribution in [1.29, 1.82) is 0 Å². The second-order valence-electron chi connectivity index (χ2n) is 3.23. The molecule has 0 aliphatic carbocycles. The molecule has 17 heavy (non-hydrogen) atoms. The Morgan fingerprint density at radius 1 is 1.47 bits per heavy atom. The van der Waals surface area contributed by atoms with Crippen LogP contribution in [0.4, 0.5) is 0 Å². The molecule has 0 spiro atoms. The van der Waals surface area contributed by atoms with Crippen LogP contribution in [0.5, 0.6) is 5.75 Å². The Morgan fingerprint density at radius 3 is 2.76 bits per heavy atom. The third-order valence-electron chi connectivity index (χ3n) is 1.77. The van der Waals surface area contributed by atoms with Crippen LogP contribution >= 0.6 is 7.60 Å². The zero-order chi connectivity index (χ0) is 12.9. The zero-order valence-corrected chi connectivity index (χ0v) is 9.98. The molecule has 6 heteroatoms. The summed E-state index contributed by atoms with van der Waals surface area (Å²) in [6.07, 6.45) is -0.857. The molecule has 2 N–H and O–H groups in total. The summed E-state index contributed by atoms with van der Waals surface area (Å²) in [4.78, 5) is 28.2. The van der Waals surface area contributed by atoms with Crippen molar-refractivity contribution in [2.24, 2.45) is 0 Å². The van der Waals surface area contributed by atoms with Gasteiger partial charge in [0.05, 0.1) is 7.11 Å². The van der Waals surface area contributed by atoms with E-state index in [0.717, 1.165) is 0 Å². The topological polar surface area (TPSA) is 83.8 Å². The Kier molecular flexibility index (Phi) is 4.47. The first-order valence-electron chi connectivity index (χ1n) is 4.64. The molecule has 1 aromatic carbocycles. The number of ketones is 1. The normalized spacial score (nSPS) is 10.3. The van der Waals surface area contributed by atoms with Crippen molar-refractivity contribution in [2.75, 3.05) is 13.3 Å². The molecule has 0 aliphatic heterocycles. The number of carbonyl (C=O) groups excluding carboxylic acids is 1. The van der Waals surface area contributed by atoms with Gasteiger partial charge in [0.15, 0.2) is 0 Å². The number of methoxy groups -OCH3 is 1. The molecule has 0 amide bonds. The summed E-state index contributed by atoms with van der Waals surface area (Å²) in [6, 6.07) is 6.72. The van der Waals surface area contributed by atoms with E-state index in [9.17, 15) is 9.36 Å². The second-order valence-corrected chi connectivity index (χ2v) is 4.87. The molecule has 0 heterocycles. The lowest BCUT2D eigenvalue weighted by Gasteiger charge is -1.98. The SMILES string of the molecule is COc1cccc(C#CC(=O)CP(=O)(O)O)c1. The van der Waals surface area contributed by atoms with Crippen LogP contribution < -0.4 is 4.74 Å². The highest BCUT2D eigenvalue weighted by Crippen LogP contribution is 2.33. The van der Waals surface area contributed by atoms with Gasteiger partial charge in [0.2, 0.25) is 5.78 Å². The molecule has 0 bridgehead atoms. The maximum atomic E-state index is 11.1. The predicted molar refractivity (Wildman–Crippen MR) is 61.8 cm³/mol. The molecule has 1 aromatic rings. The third-order valence-corrected chi connectivity index (χ3v) is 2.46. The lowest BCUT2D eigenvalue weighted by molar-refractivity contribution is -0.111. The van der Waals surface area contributed by atoms with Crippen molar-refractivity contribution in [3.8, 4) is 17.6 Å². The van der Waals surface area contributed by atoms with E-state index in [0.29, 0.717) is 11.3 Å². The number of rotatable bonds is 3. The van der Waals surface area contributed by atoms with Gasteiger partial charge in [-0.05, 0) is 24.1 Å². The number of Topliss-reactive ketones (excluding diaryl/α,β-unsaturated/α-hetero) is 1. The zero-order valence-electron chi connectivity index (χ0n) is 9.08. The van der Waals surface area contributed by atoms with Crippen LogP contribution in [0.3, 0.4) is 0 Å². The summed E-state index contributed by atoms with van der Waals surface area (Å²) >= 11 is 0. The number of hydrogen-bond acceptors (Lipinski definition) is 3. The van der Waals surface area contributed by atoms with E-state index < -0.39 is 19.5 Å². The fraction of sp³-hybridized carbons (Fsp3) is 0.182. The molecular weight excluding hydrogens is 243 g/mol. The van der Waals surface area contributed by atoms with Gasteiger partial charge in [-0.2, -0.15) is 0 Å². The highest BCUT2D eigenvalue weighted by molar-refractivity contribution is 7.52. The van der Waals surface area contributed by atoms with Crippen LogP contribution in [0.1, 0.15) is 5.56 Å². The molecule has 0 atom stereocenters. The smallest absolute Gasteiger partial charge is 0.333 e. The third kappa shape index (κ3) is 5.32. The summed E-state index contributed by atoms with van der Waals surface area (Å²) in [5, 5.41) is 0. The fourth-order valence-electron chi connectivity index (χ4n) is 1.07. The van der Waals surface area contributed by atoms with Gasteiger partial charge in [-0.1, -0.05) is 12.0 Å². The highest BCUT2D eigenvalue weighted by Gasteiger charge is 2.17. The molecule has 0 fully saturated rings. The molecule has 5 nitrogen and oxygen atoms in total. The van der Waals surface area contributed by atoms with E-state index in [-0.39, 0.29) is 0 Å². The minimum Gasteiger partial charge on any atom is -0.497 e. The second kappa shape index (κ2) is 5.65. The van der Waals surface area contributed by atoms with Crippen molar-refractivity contribution in [1.82, 2.24) is 0 Å². The van der Waals surface area contributed by atoms with Gasteiger partial charge in [0.25, 0.3) is 0 Å². The molecule has 0 saturated heterocycles. The lowest BCUT2D eigenvalue weighted by atomic mass is 10.2. The fourth-order valence-corrected chi connectivity index (χ4v) is 1.52. The summed E-state index contributed by atoms with van der Waals surface area (Å²) in [5.41, 5.74) is 0.545. The van der Waals surface area contributed by atoms with Gasteiger partial charge in [0, 0.05) is 5.56 Å². The Hall–Kier alpha value is -1.60. The Balaban J connectivity index is 2.77. The van der Waals surface area contributed by atoms with Gasteiger partial charge in [-0.15, -0.1) is 0 Å². The van der Waals surface area contributed by atoms with Crippen molar-refractivity contribution in [3.05, 3.63) is 29.8 Å². The van der Waals surface area contributed by atoms with Gasteiger partial charge < -0.3 is 14.5 Å². The summed E-state index contributed by atoms with van der Waals surface area (Å²) in [6.45, 7) is 0. The molecule has 0 unspecified atom stereocenters. The summed E-state index contributed by atoms with van der Waals surface area (Å²) in [5.74, 6) is 4.49. The largest absolute Gasteiger partial charge is 0.497 e. The number of carbonyl (C=O) groups is 1. The maximum Gasteiger partial charge on any atom is 0.333 e. The van der Waals surface area contributed by atoms with E-state index in [1.165, 1.54) is 7.11 Å². The van der Waals surface area contributed by atoms with Crippen LogP contribution in [-0.4, -0.2) is 28.8 Å². The monoisotopic (exact) mass is 254 g/mol. The van der Waals surface area contributed by atoms with Crippen LogP contribution in [0.15, 0.2) is 24.3 Å². The number of hydrogen-bond donors (Lipinski definition) is 2. The minimum atomic E-state index is -4.34. The van der Waals surface area contributed by atoms with E-state index in [2.05, 4.69) is 11.8 Å². The van der Waals surface area contributed by atoms with E-state index in [1.807, 2.05) is 0 Å². The lowest BCUT2D eigenvalue weighted by Crippen LogP contribution is -2.01. The van der Waals surface area contributed by atoms with Crippen LogP contribution in [0.2, 0.25) is 0 Å². The highest BCUT2D eigenvalue weighted by atomic mass is 31.2. The predicted octanol–water partition coefficient (Wildman–Crippen LogP) is 0.793. The van der Waals surface area contributed by atoms with Crippen LogP contribution in [0.25, 0.3) is 0 Å². The average molecular weight is 254 g/mol. The maximum absolute atomic E-state index is 11.1. The number of ether oxygens (including phenoxy) is 1. The van der Waals surface area contributed by atoms with Crippen molar-refractivity contribution < 1.29 is 23.9 Å². The average Bonchev–Trinajstić information content (AvgIpc) is 2.24. The Labute approximate surface area is 98.6 Å². The molecule has 0 aromatic heterocycles. The summed E-state index contributed by atoms with van der Waals surface area (Å²) in [7, 11) is -2.83. The van der Waals surface area contributed by atoms with Gasteiger partial charge >= 0.3 is 7.60 Å². The number of benzene rings is 1. The molecule has 0 saturated carbocycles. The molecule has 0 radical (unpaired) electrons. The summed E-state index contributed by atoms with van der Waals surface area (Å²) < 4.78 is 15.5. The first-order chi connectivity index (χ1) is 7.90. The van der Waals surface area contributed by atoms with Crippen molar-refractivity contribution in [3.63, 3.8) is 0 Å². The van der Waals surface area contributed by atoms with Gasteiger partial charge in [-0.25, -0.2) is 0 Å². The van der Waals surface area contributed by atoms with Crippen LogP contribution in [0, 0.1) is 11.8 Å². The first-order valence-corrected chi connectivity index (χ1v) is 6.44. The Bertz CT molecular complexity index is 520. The van der Waals surface area contributed by atoms with E-state index in [1.54, 1.807) is 24.3 Å². The quantitative estimate of drug-likeness (QED) is 0.615. The van der Waals surface area contributed by atoms with Gasteiger partial charge in [-0.3, -0.25) is 9.36 Å². The first kappa shape index (κ1) is 13.5. The standard InChI is InChI=1S/C11H11O5P/c1-16-11-4-2-3-9(7-11)5-6-10(12)8-17(13,14)15/h2-4,7H,8H2,1H3,(H2,13,14,15). The van der Waals surface area contributed by atoms with Crippen molar-refractivity contribution in [2.45, 2.75) is 0 Å². The molecule has 1 rings (SSSR count). The molecular formula is C11H11O5P. The molecule has 90 valence electrons. The van der Waals surface area contributed by atoms with Gasteiger partial charge in [0.1, 0.15) is 11.9 Å². The van der Waals surface area contributed by atoms with Crippen molar-refractivity contribution >= 4 is 13.4 Å².